The average Bonchev–Trinajstić information content (AvgIpc) is 3.04. The lowest BCUT2D eigenvalue weighted by Gasteiger charge is -2.19. The third-order valence-electron chi connectivity index (χ3n) is 6.02. The first kappa shape index (κ1) is 21.9. The molecule has 0 unspecified atom stereocenters. The van der Waals surface area contributed by atoms with Crippen LogP contribution in [0.4, 0.5) is 5.69 Å². The predicted octanol–water partition coefficient (Wildman–Crippen LogP) is 4.93. The predicted molar refractivity (Wildman–Crippen MR) is 135 cm³/mol. The fraction of sp³-hybridized carbons (Fsp3) is 0.111. The molecule has 0 saturated carbocycles. The Morgan fingerprint density at radius 2 is 1.71 bits per heavy atom. The van der Waals surface area contributed by atoms with Crippen molar-refractivity contribution in [3.05, 3.63) is 107 Å². The molecule has 0 radical (unpaired) electrons. The van der Waals surface area contributed by atoms with Gasteiger partial charge in [-0.25, -0.2) is 13.8 Å². The molecule has 0 fully saturated rings. The number of carbonyl (C=O) groups is 1. The first-order valence-corrected chi connectivity index (χ1v) is 12.3. The third kappa shape index (κ3) is 3.84. The minimum atomic E-state index is -3.63. The van der Waals surface area contributed by atoms with Gasteiger partial charge in [-0.05, 0) is 60.2 Å². The van der Waals surface area contributed by atoms with Crippen molar-refractivity contribution in [3.8, 4) is 0 Å². The molecule has 1 aliphatic rings. The van der Waals surface area contributed by atoms with Crippen molar-refractivity contribution in [2.45, 2.75) is 25.3 Å². The Morgan fingerprint density at radius 1 is 0.971 bits per heavy atom. The number of hydrogen-bond donors (Lipinski definition) is 1. The summed E-state index contributed by atoms with van der Waals surface area (Å²) in [5, 5.41) is 5.72. The van der Waals surface area contributed by atoms with E-state index >= 15 is 0 Å². The van der Waals surface area contributed by atoms with Crippen LogP contribution in [0, 0.1) is 13.8 Å². The molecular formula is C27H23N3O3S. The molecule has 7 heteroatoms. The van der Waals surface area contributed by atoms with Crippen LogP contribution in [0.25, 0.3) is 10.8 Å². The van der Waals surface area contributed by atoms with Crippen LogP contribution in [0.1, 0.15) is 32.6 Å². The van der Waals surface area contributed by atoms with Crippen molar-refractivity contribution < 1.29 is 13.2 Å². The summed E-state index contributed by atoms with van der Waals surface area (Å²) < 4.78 is 27.8. The number of sulfonamides is 1. The summed E-state index contributed by atoms with van der Waals surface area (Å²) in [6.07, 6.45) is 1.62. The molecule has 34 heavy (non-hydrogen) atoms. The number of nitrogens with zero attached hydrogens (tertiary/aromatic N) is 2. The van der Waals surface area contributed by atoms with E-state index in [1.165, 1.54) is 9.87 Å². The van der Waals surface area contributed by atoms with Gasteiger partial charge in [0.25, 0.3) is 15.9 Å². The van der Waals surface area contributed by atoms with Gasteiger partial charge in [0.05, 0.1) is 23.3 Å². The molecular weight excluding hydrogens is 446 g/mol. The molecule has 1 amide bonds. The van der Waals surface area contributed by atoms with Gasteiger partial charge in [0.1, 0.15) is 0 Å². The lowest BCUT2D eigenvalue weighted by atomic mass is 10.1. The van der Waals surface area contributed by atoms with Crippen LogP contribution in [0.2, 0.25) is 0 Å². The van der Waals surface area contributed by atoms with Crippen LogP contribution in [0.5, 0.6) is 0 Å². The maximum atomic E-state index is 13.2. The molecule has 6 nitrogen and oxygen atoms in total. The van der Waals surface area contributed by atoms with E-state index in [1.54, 1.807) is 42.6 Å². The topological polar surface area (TPSA) is 78.8 Å². The van der Waals surface area contributed by atoms with Crippen LogP contribution in [0.3, 0.4) is 0 Å². The first-order chi connectivity index (χ1) is 16.3. The van der Waals surface area contributed by atoms with Gasteiger partial charge in [0, 0.05) is 10.9 Å². The maximum absolute atomic E-state index is 13.2. The maximum Gasteiger partial charge on any atom is 0.271 e. The Bertz CT molecular complexity index is 1550. The molecule has 0 saturated heterocycles. The van der Waals surface area contributed by atoms with E-state index in [0.29, 0.717) is 16.1 Å². The van der Waals surface area contributed by atoms with Crippen molar-refractivity contribution in [3.63, 3.8) is 0 Å². The minimum absolute atomic E-state index is 0.183. The van der Waals surface area contributed by atoms with E-state index < -0.39 is 10.0 Å². The second-order valence-corrected chi connectivity index (χ2v) is 10.2. The average molecular weight is 470 g/mol. The number of aryl methyl sites for hydroxylation is 2. The van der Waals surface area contributed by atoms with E-state index in [2.05, 4.69) is 16.6 Å². The van der Waals surface area contributed by atoms with E-state index in [-0.39, 0.29) is 12.5 Å². The number of carbonyl (C=O) groups excluding carboxylic acids is 1. The minimum Gasteiger partial charge on any atom is -0.267 e. The zero-order chi connectivity index (χ0) is 23.9. The smallest absolute Gasteiger partial charge is 0.267 e. The molecule has 0 aliphatic carbocycles. The third-order valence-corrected chi connectivity index (χ3v) is 7.82. The molecule has 4 aromatic rings. The van der Waals surface area contributed by atoms with Crippen molar-refractivity contribution in [1.82, 2.24) is 5.43 Å². The van der Waals surface area contributed by atoms with Gasteiger partial charge in [0.15, 0.2) is 0 Å². The molecule has 0 spiro atoms. The zero-order valence-corrected chi connectivity index (χ0v) is 19.6. The van der Waals surface area contributed by atoms with Gasteiger partial charge in [-0.15, -0.1) is 0 Å². The fourth-order valence-corrected chi connectivity index (χ4v) is 5.95. The quantitative estimate of drug-likeness (QED) is 0.333. The lowest BCUT2D eigenvalue weighted by Crippen LogP contribution is -2.26. The molecule has 0 bridgehead atoms. The van der Waals surface area contributed by atoms with Crippen molar-refractivity contribution >= 4 is 38.6 Å². The van der Waals surface area contributed by atoms with E-state index in [9.17, 15) is 13.2 Å². The molecule has 1 aliphatic heterocycles. The molecule has 4 aromatic carbocycles. The van der Waals surface area contributed by atoms with Gasteiger partial charge < -0.3 is 0 Å². The van der Waals surface area contributed by atoms with Gasteiger partial charge in [-0.1, -0.05) is 60.2 Å². The van der Waals surface area contributed by atoms with Crippen molar-refractivity contribution in [2.75, 3.05) is 4.31 Å². The van der Waals surface area contributed by atoms with Crippen molar-refractivity contribution in [2.24, 2.45) is 5.10 Å². The number of rotatable bonds is 5. The van der Waals surface area contributed by atoms with E-state index in [4.69, 9.17) is 0 Å². The van der Waals surface area contributed by atoms with E-state index in [0.717, 1.165) is 27.5 Å². The largest absolute Gasteiger partial charge is 0.271 e. The summed E-state index contributed by atoms with van der Waals surface area (Å²) >= 11 is 0. The Morgan fingerprint density at radius 3 is 2.44 bits per heavy atom. The normalized spacial score (nSPS) is 14.1. The number of anilines is 1. The first-order valence-electron chi connectivity index (χ1n) is 10.9. The highest BCUT2D eigenvalue weighted by atomic mass is 32.2. The summed E-state index contributed by atoms with van der Waals surface area (Å²) in [5.74, 6) is -0.335. The van der Waals surface area contributed by atoms with Gasteiger partial charge in [-0.2, -0.15) is 5.10 Å². The number of benzene rings is 4. The van der Waals surface area contributed by atoms with Gasteiger partial charge in [0.2, 0.25) is 0 Å². The molecule has 170 valence electrons. The Balaban J connectivity index is 1.31. The summed E-state index contributed by atoms with van der Waals surface area (Å²) in [4.78, 5) is 12.8. The van der Waals surface area contributed by atoms with Crippen LogP contribution in [-0.2, 0) is 16.6 Å². The summed E-state index contributed by atoms with van der Waals surface area (Å²) in [5.41, 5.74) is 7.63. The number of amides is 1. The number of nitrogens with one attached hydrogen (secondary N) is 1. The number of hydrogen-bond acceptors (Lipinski definition) is 4. The highest BCUT2D eigenvalue weighted by Gasteiger charge is 2.35. The van der Waals surface area contributed by atoms with Crippen LogP contribution >= 0.6 is 0 Å². The summed E-state index contributed by atoms with van der Waals surface area (Å²) in [6.45, 7) is 4.20. The Hall–Kier alpha value is -3.97. The van der Waals surface area contributed by atoms with Gasteiger partial charge in [-0.3, -0.25) is 9.10 Å². The monoisotopic (exact) mass is 469 g/mol. The molecule has 0 atom stereocenters. The van der Waals surface area contributed by atoms with Crippen LogP contribution in [0.15, 0.2) is 88.9 Å². The Labute approximate surface area is 198 Å². The SMILES string of the molecule is Cc1ccc(C=NNC(=O)c2ccc(CN3c4cccc5cccc(c45)S3(=O)=O)cc2)c(C)c1. The lowest BCUT2D eigenvalue weighted by molar-refractivity contribution is 0.0955. The van der Waals surface area contributed by atoms with Crippen molar-refractivity contribution in [1.29, 1.82) is 0 Å². The molecule has 1 N–H and O–H groups in total. The van der Waals surface area contributed by atoms with Crippen LogP contribution in [-0.4, -0.2) is 20.5 Å². The molecule has 5 rings (SSSR count). The summed E-state index contributed by atoms with van der Waals surface area (Å²) in [7, 11) is -3.63. The Kier molecular flexibility index (Phi) is 5.42. The van der Waals surface area contributed by atoms with Gasteiger partial charge >= 0.3 is 0 Å². The number of hydrazone groups is 1. The fourth-order valence-electron chi connectivity index (χ4n) is 4.25. The summed E-state index contributed by atoms with van der Waals surface area (Å²) in [6, 6.07) is 23.8. The molecule has 1 heterocycles. The standard InChI is InChI=1S/C27H23N3O3S/c1-18-9-12-23(19(2)15-18)16-28-29-27(31)22-13-10-20(11-14-22)17-30-24-7-3-5-21-6-4-8-25(26(21)24)34(30,32)33/h3-16H,17H2,1-2H3,(H,29,31). The molecule has 0 aromatic heterocycles. The highest BCUT2D eigenvalue weighted by molar-refractivity contribution is 7.93. The zero-order valence-electron chi connectivity index (χ0n) is 18.8. The second kappa shape index (κ2) is 8.43. The van der Waals surface area contributed by atoms with E-state index in [1.807, 2.05) is 50.2 Å². The van der Waals surface area contributed by atoms with Crippen LogP contribution < -0.4 is 9.73 Å². The highest BCUT2D eigenvalue weighted by Crippen LogP contribution is 2.42. The second-order valence-electron chi connectivity index (χ2n) is 8.40.